The molecule has 1 amide bonds. The summed E-state index contributed by atoms with van der Waals surface area (Å²) in [6.45, 7) is 1.22. The summed E-state index contributed by atoms with van der Waals surface area (Å²) in [5.41, 5.74) is 1.99. The van der Waals surface area contributed by atoms with E-state index in [0.717, 1.165) is 17.9 Å². The van der Waals surface area contributed by atoms with Crippen LogP contribution in [-0.2, 0) is 9.53 Å². The first kappa shape index (κ1) is 12.1. The van der Waals surface area contributed by atoms with Gasteiger partial charge in [-0.15, -0.1) is 0 Å². The van der Waals surface area contributed by atoms with Gasteiger partial charge in [0.05, 0.1) is 23.4 Å². The lowest BCUT2D eigenvalue weighted by molar-refractivity contribution is -0.110. The van der Waals surface area contributed by atoms with Gasteiger partial charge in [0.25, 0.3) is 5.91 Å². The molecule has 0 radical (unpaired) electrons. The maximum Gasteiger partial charge on any atom is 0.256 e. The molecule has 3 heterocycles. The number of anilines is 1. The van der Waals surface area contributed by atoms with Crippen molar-refractivity contribution in [2.75, 3.05) is 18.5 Å². The van der Waals surface area contributed by atoms with Gasteiger partial charge in [0.15, 0.2) is 0 Å². The molecule has 7 nitrogen and oxygen atoms in total. The Balaban J connectivity index is 1.73. The molecule has 1 aromatic heterocycles. The van der Waals surface area contributed by atoms with E-state index in [0.29, 0.717) is 23.8 Å². The topological polar surface area (TPSA) is 92.4 Å². The minimum atomic E-state index is -0.180. The molecule has 1 saturated heterocycles. The molecule has 0 spiro atoms. The number of amides is 1. The number of carbonyl (C=O) groups excluding carboxylic acids is 1. The number of epoxide rings is 1. The molecule has 0 aliphatic carbocycles. The molecular formula is C14H12N4O3. The molecule has 4 rings (SSSR count). The Morgan fingerprint density at radius 2 is 2.38 bits per heavy atom. The van der Waals surface area contributed by atoms with Crippen LogP contribution in [0.2, 0.25) is 0 Å². The molecule has 106 valence electrons. The van der Waals surface area contributed by atoms with Crippen LogP contribution in [0.15, 0.2) is 24.5 Å². The van der Waals surface area contributed by atoms with Gasteiger partial charge >= 0.3 is 0 Å². The molecule has 1 unspecified atom stereocenters. The van der Waals surface area contributed by atoms with Crippen molar-refractivity contribution in [2.24, 2.45) is 0 Å². The Bertz CT molecular complexity index is 720. The number of fused-ring (bicyclic) bond motifs is 1. The Labute approximate surface area is 120 Å². The number of aromatic nitrogens is 3. The zero-order valence-corrected chi connectivity index (χ0v) is 11.0. The molecule has 0 saturated carbocycles. The average molecular weight is 284 g/mol. The van der Waals surface area contributed by atoms with Crippen LogP contribution in [0.3, 0.4) is 0 Å². The largest absolute Gasteiger partial charge is 0.490 e. The van der Waals surface area contributed by atoms with Crippen molar-refractivity contribution in [3.63, 3.8) is 0 Å². The Kier molecular flexibility index (Phi) is 2.71. The van der Waals surface area contributed by atoms with Gasteiger partial charge < -0.3 is 14.8 Å². The SMILES string of the molecule is O=C1Nc2cccc(OCC3CO3)c2C1=Cc1ncn[nH]1. The number of carbonyl (C=O) groups is 1. The van der Waals surface area contributed by atoms with E-state index in [1.165, 1.54) is 6.33 Å². The van der Waals surface area contributed by atoms with Crippen LogP contribution in [0.5, 0.6) is 5.75 Å². The van der Waals surface area contributed by atoms with Gasteiger partial charge in [-0.25, -0.2) is 4.98 Å². The molecule has 21 heavy (non-hydrogen) atoms. The predicted octanol–water partition coefficient (Wildman–Crippen LogP) is 1.07. The molecule has 2 aliphatic rings. The Morgan fingerprint density at radius 3 is 3.14 bits per heavy atom. The summed E-state index contributed by atoms with van der Waals surface area (Å²) in [5.74, 6) is 1.00. The van der Waals surface area contributed by atoms with Gasteiger partial charge in [0, 0.05) is 0 Å². The van der Waals surface area contributed by atoms with E-state index >= 15 is 0 Å². The first-order chi connectivity index (χ1) is 10.3. The first-order valence-corrected chi connectivity index (χ1v) is 6.57. The van der Waals surface area contributed by atoms with Crippen molar-refractivity contribution >= 4 is 23.2 Å². The first-order valence-electron chi connectivity index (χ1n) is 6.57. The zero-order chi connectivity index (χ0) is 14.2. The van der Waals surface area contributed by atoms with Crippen molar-refractivity contribution in [1.29, 1.82) is 0 Å². The van der Waals surface area contributed by atoms with Crippen molar-refractivity contribution in [3.05, 3.63) is 35.9 Å². The summed E-state index contributed by atoms with van der Waals surface area (Å²) in [6.07, 6.45) is 3.22. The molecule has 7 heteroatoms. The quantitative estimate of drug-likeness (QED) is 0.647. The van der Waals surface area contributed by atoms with Crippen LogP contribution in [0, 0.1) is 0 Å². The fourth-order valence-electron chi connectivity index (χ4n) is 2.24. The summed E-state index contributed by atoms with van der Waals surface area (Å²) < 4.78 is 10.9. The van der Waals surface area contributed by atoms with E-state index in [4.69, 9.17) is 9.47 Å². The number of ether oxygens (including phenoxy) is 2. The lowest BCUT2D eigenvalue weighted by atomic mass is 10.1. The number of nitrogens with zero attached hydrogens (tertiary/aromatic N) is 2. The van der Waals surface area contributed by atoms with Gasteiger partial charge in [-0.05, 0) is 18.2 Å². The number of hydrogen-bond donors (Lipinski definition) is 2. The highest BCUT2D eigenvalue weighted by molar-refractivity contribution is 6.35. The third-order valence-electron chi connectivity index (χ3n) is 3.33. The summed E-state index contributed by atoms with van der Waals surface area (Å²) in [4.78, 5) is 16.2. The second kappa shape index (κ2) is 4.71. The number of hydrogen-bond acceptors (Lipinski definition) is 5. The summed E-state index contributed by atoms with van der Waals surface area (Å²) in [7, 11) is 0. The molecular weight excluding hydrogens is 272 g/mol. The number of H-pyrrole nitrogens is 1. The van der Waals surface area contributed by atoms with E-state index in [2.05, 4.69) is 20.5 Å². The molecule has 1 aromatic carbocycles. The maximum absolute atomic E-state index is 12.1. The predicted molar refractivity (Wildman–Crippen MR) is 74.6 cm³/mol. The molecule has 1 fully saturated rings. The summed E-state index contributed by atoms with van der Waals surface area (Å²) >= 11 is 0. The van der Waals surface area contributed by atoms with Crippen LogP contribution in [0.4, 0.5) is 5.69 Å². The zero-order valence-electron chi connectivity index (χ0n) is 11.0. The number of aromatic amines is 1. The lowest BCUT2D eigenvalue weighted by Crippen LogP contribution is -2.06. The standard InChI is InChI=1S/C14H12N4O3/c19-14-9(4-12-15-7-16-18-12)13-10(17-14)2-1-3-11(13)21-6-8-5-20-8/h1-4,7-8H,5-6H2,(H,17,19)(H,15,16,18). The van der Waals surface area contributed by atoms with Crippen LogP contribution >= 0.6 is 0 Å². The smallest absolute Gasteiger partial charge is 0.256 e. The van der Waals surface area contributed by atoms with Gasteiger partial charge in [-0.3, -0.25) is 9.89 Å². The third-order valence-corrected chi connectivity index (χ3v) is 3.33. The van der Waals surface area contributed by atoms with Crippen LogP contribution in [-0.4, -0.2) is 40.4 Å². The highest BCUT2D eigenvalue weighted by Crippen LogP contribution is 2.39. The molecule has 2 aromatic rings. The van der Waals surface area contributed by atoms with Crippen molar-refractivity contribution in [2.45, 2.75) is 6.10 Å². The molecule has 2 N–H and O–H groups in total. The lowest BCUT2D eigenvalue weighted by Gasteiger charge is -2.09. The van der Waals surface area contributed by atoms with E-state index in [9.17, 15) is 4.79 Å². The van der Waals surface area contributed by atoms with Gasteiger partial charge in [0.2, 0.25) is 0 Å². The van der Waals surface area contributed by atoms with Crippen molar-refractivity contribution < 1.29 is 14.3 Å². The average Bonchev–Trinajstić information content (AvgIpc) is 3.07. The number of rotatable bonds is 4. The molecule has 2 aliphatic heterocycles. The monoisotopic (exact) mass is 284 g/mol. The van der Waals surface area contributed by atoms with Gasteiger partial charge in [0.1, 0.15) is 30.6 Å². The highest BCUT2D eigenvalue weighted by Gasteiger charge is 2.29. The maximum atomic E-state index is 12.1. The minimum absolute atomic E-state index is 0.160. The van der Waals surface area contributed by atoms with E-state index in [1.54, 1.807) is 6.08 Å². The second-order valence-electron chi connectivity index (χ2n) is 4.83. The highest BCUT2D eigenvalue weighted by atomic mass is 16.6. The summed E-state index contributed by atoms with van der Waals surface area (Å²) in [6, 6.07) is 5.53. The Morgan fingerprint density at radius 1 is 1.48 bits per heavy atom. The van der Waals surface area contributed by atoms with Gasteiger partial charge in [-0.1, -0.05) is 6.07 Å². The summed E-state index contributed by atoms with van der Waals surface area (Å²) in [5, 5.41) is 9.32. The van der Waals surface area contributed by atoms with Crippen LogP contribution in [0.1, 0.15) is 11.4 Å². The fourth-order valence-corrected chi connectivity index (χ4v) is 2.24. The van der Waals surface area contributed by atoms with Crippen molar-refractivity contribution in [1.82, 2.24) is 15.2 Å². The van der Waals surface area contributed by atoms with Crippen molar-refractivity contribution in [3.8, 4) is 5.75 Å². The molecule has 0 bridgehead atoms. The normalized spacial score (nSPS) is 21.2. The second-order valence-corrected chi connectivity index (χ2v) is 4.83. The van der Waals surface area contributed by atoms with Crippen LogP contribution in [0.25, 0.3) is 11.6 Å². The fraction of sp³-hybridized carbons (Fsp3) is 0.214. The van der Waals surface area contributed by atoms with Gasteiger partial charge in [-0.2, -0.15) is 5.10 Å². The minimum Gasteiger partial charge on any atom is -0.490 e. The third kappa shape index (κ3) is 2.27. The number of nitrogens with one attached hydrogen (secondary N) is 2. The van der Waals surface area contributed by atoms with E-state index < -0.39 is 0 Å². The van der Waals surface area contributed by atoms with E-state index in [1.807, 2.05) is 18.2 Å². The molecule has 1 atom stereocenters. The number of benzene rings is 1. The van der Waals surface area contributed by atoms with Crippen LogP contribution < -0.4 is 10.1 Å². The Hall–Kier alpha value is -2.67. The van der Waals surface area contributed by atoms with E-state index in [-0.39, 0.29) is 12.0 Å².